The van der Waals surface area contributed by atoms with Gasteiger partial charge in [0.1, 0.15) is 5.69 Å². The average Bonchev–Trinajstić information content (AvgIpc) is 3.08. The maximum Gasteiger partial charge on any atom is 0.433 e. The van der Waals surface area contributed by atoms with Crippen molar-refractivity contribution in [2.24, 2.45) is 13.0 Å². The molecule has 2 aliphatic rings. The van der Waals surface area contributed by atoms with E-state index >= 15 is 0 Å². The number of aryl methyl sites for hydroxylation is 1. The van der Waals surface area contributed by atoms with Gasteiger partial charge in [0.2, 0.25) is 5.91 Å². The fraction of sp³-hybridized carbons (Fsp3) is 0.450. The molecule has 154 valence electrons. The van der Waals surface area contributed by atoms with Crippen LogP contribution in [-0.2, 0) is 31.1 Å². The summed E-state index contributed by atoms with van der Waals surface area (Å²) in [7, 11) is 1.71. The van der Waals surface area contributed by atoms with Crippen molar-refractivity contribution in [3.05, 3.63) is 57.3 Å². The predicted molar refractivity (Wildman–Crippen MR) is 100 cm³/mol. The first-order valence-corrected chi connectivity index (χ1v) is 9.38. The highest BCUT2D eigenvalue weighted by Crippen LogP contribution is 2.33. The van der Waals surface area contributed by atoms with Crippen molar-refractivity contribution in [2.75, 3.05) is 18.0 Å². The Labute approximate surface area is 165 Å². The Hall–Kier alpha value is -2.84. The summed E-state index contributed by atoms with van der Waals surface area (Å²) < 4.78 is 40.0. The van der Waals surface area contributed by atoms with E-state index in [-0.39, 0.29) is 17.4 Å². The SMILES string of the molecule is Cc1cc(=O)n(C)c2c1CN(C(=O)CC1CN(c3ccnc(C(F)(F)F)c3)C1)C2. The van der Waals surface area contributed by atoms with E-state index in [1.165, 1.54) is 0 Å². The summed E-state index contributed by atoms with van der Waals surface area (Å²) in [5.74, 6) is 0.0991. The molecule has 9 heteroatoms. The number of alkyl halides is 3. The first-order chi connectivity index (χ1) is 13.6. The summed E-state index contributed by atoms with van der Waals surface area (Å²) in [5, 5.41) is 0. The van der Waals surface area contributed by atoms with Gasteiger partial charge < -0.3 is 14.4 Å². The zero-order valence-corrected chi connectivity index (χ0v) is 16.2. The molecule has 2 aromatic rings. The second-order valence-electron chi connectivity index (χ2n) is 7.77. The Morgan fingerprint density at radius 3 is 2.66 bits per heavy atom. The monoisotopic (exact) mass is 406 g/mol. The number of anilines is 1. The number of amides is 1. The lowest BCUT2D eigenvalue weighted by atomic mass is 9.95. The smallest absolute Gasteiger partial charge is 0.371 e. The van der Waals surface area contributed by atoms with Gasteiger partial charge in [-0.3, -0.25) is 14.6 Å². The van der Waals surface area contributed by atoms with Crippen LogP contribution in [0.4, 0.5) is 18.9 Å². The van der Waals surface area contributed by atoms with Gasteiger partial charge in [-0.05, 0) is 30.2 Å². The molecule has 0 spiro atoms. The van der Waals surface area contributed by atoms with Crippen LogP contribution in [0.1, 0.15) is 28.9 Å². The predicted octanol–water partition coefficient (Wildman–Crippen LogP) is 2.48. The van der Waals surface area contributed by atoms with E-state index in [9.17, 15) is 22.8 Å². The van der Waals surface area contributed by atoms with Gasteiger partial charge in [0.15, 0.2) is 0 Å². The molecule has 4 heterocycles. The molecular formula is C20H21F3N4O2. The summed E-state index contributed by atoms with van der Waals surface area (Å²) in [6.45, 7) is 3.85. The van der Waals surface area contributed by atoms with Crippen LogP contribution in [0.3, 0.4) is 0 Å². The summed E-state index contributed by atoms with van der Waals surface area (Å²) in [6, 6.07) is 4.17. The summed E-state index contributed by atoms with van der Waals surface area (Å²) in [5.41, 5.74) is 2.26. The third-order valence-electron chi connectivity index (χ3n) is 5.76. The van der Waals surface area contributed by atoms with Crippen LogP contribution in [0.15, 0.2) is 29.2 Å². The number of halogens is 3. The lowest BCUT2D eigenvalue weighted by Crippen LogP contribution is -2.48. The number of carbonyl (C=O) groups is 1. The molecular weight excluding hydrogens is 385 g/mol. The molecule has 2 aromatic heterocycles. The largest absolute Gasteiger partial charge is 0.433 e. The lowest BCUT2D eigenvalue weighted by molar-refractivity contribution is -0.141. The molecule has 0 saturated carbocycles. The topological polar surface area (TPSA) is 58.4 Å². The number of rotatable bonds is 3. The maximum atomic E-state index is 12.8. The van der Waals surface area contributed by atoms with Crippen molar-refractivity contribution in [2.45, 2.75) is 32.6 Å². The van der Waals surface area contributed by atoms with Gasteiger partial charge in [-0.2, -0.15) is 13.2 Å². The highest BCUT2D eigenvalue weighted by Gasteiger charge is 2.36. The molecule has 1 amide bonds. The second-order valence-corrected chi connectivity index (χ2v) is 7.77. The third-order valence-corrected chi connectivity index (χ3v) is 5.76. The molecule has 0 aliphatic carbocycles. The lowest BCUT2D eigenvalue weighted by Gasteiger charge is -2.41. The summed E-state index contributed by atoms with van der Waals surface area (Å²) in [6.07, 6.45) is -2.97. The van der Waals surface area contributed by atoms with Crippen molar-refractivity contribution in [3.8, 4) is 0 Å². The van der Waals surface area contributed by atoms with Gasteiger partial charge in [-0.15, -0.1) is 0 Å². The number of pyridine rings is 2. The van der Waals surface area contributed by atoms with Crippen LogP contribution < -0.4 is 10.5 Å². The first kappa shape index (κ1) is 19.5. The molecule has 29 heavy (non-hydrogen) atoms. The third kappa shape index (κ3) is 3.61. The molecule has 1 saturated heterocycles. The zero-order valence-electron chi connectivity index (χ0n) is 16.2. The van der Waals surface area contributed by atoms with Gasteiger partial charge in [-0.1, -0.05) is 0 Å². The van der Waals surface area contributed by atoms with E-state index in [1.807, 2.05) is 11.8 Å². The molecule has 1 fully saturated rings. The van der Waals surface area contributed by atoms with E-state index in [2.05, 4.69) is 4.98 Å². The molecule has 2 aliphatic heterocycles. The molecule has 0 aromatic carbocycles. The maximum absolute atomic E-state index is 12.8. The minimum Gasteiger partial charge on any atom is -0.371 e. The van der Waals surface area contributed by atoms with E-state index < -0.39 is 11.9 Å². The molecule has 0 atom stereocenters. The van der Waals surface area contributed by atoms with Gasteiger partial charge >= 0.3 is 6.18 Å². The van der Waals surface area contributed by atoms with Crippen LogP contribution in [0.2, 0.25) is 0 Å². The molecule has 4 rings (SSSR count). The van der Waals surface area contributed by atoms with E-state index in [1.54, 1.807) is 28.6 Å². The second kappa shape index (κ2) is 6.89. The Morgan fingerprint density at radius 1 is 1.24 bits per heavy atom. The number of fused-ring (bicyclic) bond motifs is 1. The average molecular weight is 406 g/mol. The molecule has 0 N–H and O–H groups in total. The quantitative estimate of drug-likeness (QED) is 0.786. The van der Waals surface area contributed by atoms with Crippen molar-refractivity contribution >= 4 is 11.6 Å². The Bertz CT molecular complexity index is 1030. The molecule has 6 nitrogen and oxygen atoms in total. The summed E-state index contributed by atoms with van der Waals surface area (Å²) in [4.78, 5) is 31.6. The Morgan fingerprint density at radius 2 is 1.97 bits per heavy atom. The van der Waals surface area contributed by atoms with E-state index in [0.717, 1.165) is 29.1 Å². The number of hydrogen-bond donors (Lipinski definition) is 0. The first-order valence-electron chi connectivity index (χ1n) is 9.38. The fourth-order valence-corrected chi connectivity index (χ4v) is 4.01. The number of aromatic nitrogens is 2. The van der Waals surface area contributed by atoms with Crippen LogP contribution in [-0.4, -0.2) is 33.4 Å². The number of carbonyl (C=O) groups excluding carboxylic acids is 1. The van der Waals surface area contributed by atoms with Crippen molar-refractivity contribution in [1.29, 1.82) is 0 Å². The van der Waals surface area contributed by atoms with Gasteiger partial charge in [0.25, 0.3) is 5.56 Å². The summed E-state index contributed by atoms with van der Waals surface area (Å²) >= 11 is 0. The standard InChI is InChI=1S/C20H21F3N4O2/c1-12-5-18(28)25(2)16-11-27(10-15(12)16)19(29)6-13-8-26(9-13)14-3-4-24-17(7-14)20(21,22)23/h3-5,7,13H,6,8-11H2,1-2H3. The fourth-order valence-electron chi connectivity index (χ4n) is 4.01. The van der Waals surface area contributed by atoms with Gasteiger partial charge in [0, 0.05) is 62.7 Å². The Balaban J connectivity index is 1.36. The van der Waals surface area contributed by atoms with Crippen LogP contribution >= 0.6 is 0 Å². The zero-order chi connectivity index (χ0) is 20.9. The number of hydrogen-bond acceptors (Lipinski definition) is 4. The normalized spacial score (nSPS) is 16.7. The van der Waals surface area contributed by atoms with E-state index in [0.29, 0.717) is 38.3 Å². The molecule has 0 bridgehead atoms. The minimum absolute atomic E-state index is 0.00316. The van der Waals surface area contributed by atoms with Crippen LogP contribution in [0.25, 0.3) is 0 Å². The van der Waals surface area contributed by atoms with Crippen molar-refractivity contribution in [1.82, 2.24) is 14.5 Å². The van der Waals surface area contributed by atoms with E-state index in [4.69, 9.17) is 0 Å². The van der Waals surface area contributed by atoms with Crippen LogP contribution in [0.5, 0.6) is 0 Å². The minimum atomic E-state index is -4.47. The van der Waals surface area contributed by atoms with Crippen molar-refractivity contribution in [3.63, 3.8) is 0 Å². The van der Waals surface area contributed by atoms with Gasteiger partial charge in [0.05, 0.1) is 6.54 Å². The Kier molecular flexibility index (Phi) is 4.63. The number of nitrogens with zero attached hydrogens (tertiary/aromatic N) is 4. The molecule has 0 radical (unpaired) electrons. The van der Waals surface area contributed by atoms with Crippen LogP contribution in [0, 0.1) is 12.8 Å². The highest BCUT2D eigenvalue weighted by molar-refractivity contribution is 5.77. The van der Waals surface area contributed by atoms with Crippen molar-refractivity contribution < 1.29 is 18.0 Å². The van der Waals surface area contributed by atoms with Gasteiger partial charge in [-0.25, -0.2) is 0 Å². The molecule has 0 unspecified atom stereocenters. The highest BCUT2D eigenvalue weighted by atomic mass is 19.4.